The van der Waals surface area contributed by atoms with E-state index in [1.165, 1.54) is 0 Å². The van der Waals surface area contributed by atoms with E-state index in [9.17, 15) is 0 Å². The molecule has 0 aliphatic carbocycles. The molecule has 2 atom stereocenters. The van der Waals surface area contributed by atoms with Crippen molar-refractivity contribution in [2.24, 2.45) is 0 Å². The normalized spacial score (nSPS) is 42.0. The van der Waals surface area contributed by atoms with Gasteiger partial charge in [0.2, 0.25) is 0 Å². The van der Waals surface area contributed by atoms with Crippen LogP contribution in [-0.2, 0) is 4.74 Å². The highest BCUT2D eigenvalue weighted by Crippen LogP contribution is 2.10. The molecule has 0 aromatic rings. The Morgan fingerprint density at radius 2 is 2.43 bits per heavy atom. The monoisotopic (exact) mass is 102 g/mol. The summed E-state index contributed by atoms with van der Waals surface area (Å²) in [5.41, 5.74) is 0. The van der Waals surface area contributed by atoms with Gasteiger partial charge in [0.25, 0.3) is 0 Å². The average Bonchev–Trinajstić information content (AvgIpc) is 1.91. The maximum Gasteiger partial charge on any atom is 0.0821 e. The van der Waals surface area contributed by atoms with Crippen molar-refractivity contribution in [3.8, 4) is 0 Å². The molecule has 0 radical (unpaired) electrons. The van der Waals surface area contributed by atoms with E-state index in [0.717, 1.165) is 13.0 Å². The molecule has 2 heteroatoms. The topological polar surface area (TPSA) is 29.5 Å². The lowest BCUT2D eigenvalue weighted by atomic mass is 10.2. The predicted molar refractivity (Wildman–Crippen MR) is 26.0 cm³/mol. The fourth-order valence-electron chi connectivity index (χ4n) is 0.720. The number of aliphatic hydroxyl groups excluding tert-OH is 1. The zero-order chi connectivity index (χ0) is 5.28. The van der Waals surface area contributed by atoms with Gasteiger partial charge in [-0.25, -0.2) is 0 Å². The van der Waals surface area contributed by atoms with Crippen LogP contribution in [0.4, 0.5) is 0 Å². The molecule has 1 N–H and O–H groups in total. The Hall–Kier alpha value is -0.0800. The van der Waals surface area contributed by atoms with Gasteiger partial charge >= 0.3 is 0 Å². The van der Waals surface area contributed by atoms with Gasteiger partial charge in [-0.1, -0.05) is 0 Å². The zero-order valence-corrected chi connectivity index (χ0v) is 4.42. The Kier molecular flexibility index (Phi) is 1.30. The first-order valence-electron chi connectivity index (χ1n) is 2.60. The minimum absolute atomic E-state index is 0.0694. The highest BCUT2D eigenvalue weighted by molar-refractivity contribution is 4.69. The molecule has 1 fully saturated rings. The third kappa shape index (κ3) is 0.924. The molecule has 2 nitrogen and oxygen atoms in total. The first kappa shape index (κ1) is 5.06. The molecule has 1 aliphatic heterocycles. The summed E-state index contributed by atoms with van der Waals surface area (Å²) in [6.07, 6.45) is 0.668. The summed E-state index contributed by atoms with van der Waals surface area (Å²) in [5, 5.41) is 8.87. The molecule has 1 aliphatic rings. The van der Waals surface area contributed by atoms with E-state index in [1.54, 1.807) is 0 Å². The highest BCUT2D eigenvalue weighted by atomic mass is 16.5. The van der Waals surface area contributed by atoms with Crippen molar-refractivity contribution in [1.82, 2.24) is 0 Å². The van der Waals surface area contributed by atoms with Crippen molar-refractivity contribution in [2.45, 2.75) is 25.6 Å². The Morgan fingerprint density at radius 1 is 1.71 bits per heavy atom. The molecular weight excluding hydrogens is 92.1 g/mol. The lowest BCUT2D eigenvalue weighted by molar-refractivity contribution is 0.0556. The van der Waals surface area contributed by atoms with Crippen molar-refractivity contribution in [3.63, 3.8) is 0 Å². The predicted octanol–water partition coefficient (Wildman–Crippen LogP) is 0.156. The van der Waals surface area contributed by atoms with Gasteiger partial charge in [0.05, 0.1) is 12.2 Å². The van der Waals surface area contributed by atoms with Gasteiger partial charge in [-0.2, -0.15) is 0 Å². The van der Waals surface area contributed by atoms with Gasteiger partial charge in [0.15, 0.2) is 0 Å². The maximum atomic E-state index is 8.87. The van der Waals surface area contributed by atoms with Gasteiger partial charge in [0, 0.05) is 6.61 Å². The number of ether oxygens (including phenoxy) is 1. The molecule has 0 aromatic heterocycles. The maximum absolute atomic E-state index is 8.87. The standard InChI is InChI=1S/C5H10O2/c1-4-5(6)2-3-7-4/h4-6H,2-3H2,1H3/t4-,5-/m0/s1. The molecule has 1 rings (SSSR count). The Balaban J connectivity index is 2.33. The van der Waals surface area contributed by atoms with Crippen LogP contribution in [0.1, 0.15) is 13.3 Å². The van der Waals surface area contributed by atoms with Crippen LogP contribution in [0.5, 0.6) is 0 Å². The summed E-state index contributed by atoms with van der Waals surface area (Å²) >= 11 is 0. The van der Waals surface area contributed by atoms with Gasteiger partial charge in [0.1, 0.15) is 0 Å². The second-order valence-electron chi connectivity index (χ2n) is 1.93. The smallest absolute Gasteiger partial charge is 0.0821 e. The second kappa shape index (κ2) is 1.80. The second-order valence-corrected chi connectivity index (χ2v) is 1.93. The summed E-state index contributed by atoms with van der Waals surface area (Å²) in [4.78, 5) is 0. The molecule has 0 amide bonds. The molecule has 1 saturated heterocycles. The van der Waals surface area contributed by atoms with E-state index in [4.69, 9.17) is 9.84 Å². The molecule has 1 heterocycles. The van der Waals surface area contributed by atoms with Gasteiger partial charge < -0.3 is 9.84 Å². The quantitative estimate of drug-likeness (QED) is 0.472. The highest BCUT2D eigenvalue weighted by Gasteiger charge is 2.20. The summed E-state index contributed by atoms with van der Waals surface area (Å²) in [5.74, 6) is 0. The van der Waals surface area contributed by atoms with E-state index in [-0.39, 0.29) is 12.2 Å². The average molecular weight is 102 g/mol. The number of hydrogen-bond donors (Lipinski definition) is 1. The lowest BCUT2D eigenvalue weighted by Gasteiger charge is -2.03. The van der Waals surface area contributed by atoms with Crippen molar-refractivity contribution in [3.05, 3.63) is 0 Å². The van der Waals surface area contributed by atoms with Crippen molar-refractivity contribution in [1.29, 1.82) is 0 Å². The lowest BCUT2D eigenvalue weighted by Crippen LogP contribution is -2.15. The molecule has 0 unspecified atom stereocenters. The summed E-state index contributed by atoms with van der Waals surface area (Å²) in [7, 11) is 0. The SMILES string of the molecule is C[C@@H]1OCC[C@@H]1O. The summed E-state index contributed by atoms with van der Waals surface area (Å²) in [6.45, 7) is 2.61. The van der Waals surface area contributed by atoms with E-state index in [1.807, 2.05) is 6.92 Å². The number of hydrogen-bond acceptors (Lipinski definition) is 2. The summed E-state index contributed by atoms with van der Waals surface area (Å²) < 4.78 is 5.02. The molecule has 42 valence electrons. The Bertz CT molecular complexity index is 55.1. The first-order valence-corrected chi connectivity index (χ1v) is 2.60. The third-order valence-corrected chi connectivity index (χ3v) is 1.34. The van der Waals surface area contributed by atoms with Crippen LogP contribution in [0.2, 0.25) is 0 Å². The first-order chi connectivity index (χ1) is 3.30. The van der Waals surface area contributed by atoms with Crippen LogP contribution in [0.15, 0.2) is 0 Å². The van der Waals surface area contributed by atoms with Crippen molar-refractivity contribution >= 4 is 0 Å². The summed E-state index contributed by atoms with van der Waals surface area (Å²) in [6, 6.07) is 0. The molecule has 0 bridgehead atoms. The molecule has 7 heavy (non-hydrogen) atoms. The number of aliphatic hydroxyl groups is 1. The van der Waals surface area contributed by atoms with Gasteiger partial charge in [-0.05, 0) is 13.3 Å². The van der Waals surface area contributed by atoms with Crippen molar-refractivity contribution < 1.29 is 9.84 Å². The minimum Gasteiger partial charge on any atom is -0.390 e. The van der Waals surface area contributed by atoms with Crippen LogP contribution in [0, 0.1) is 0 Å². The van der Waals surface area contributed by atoms with E-state index >= 15 is 0 Å². The van der Waals surface area contributed by atoms with Gasteiger partial charge in [-0.15, -0.1) is 0 Å². The fraction of sp³-hybridized carbons (Fsp3) is 1.00. The number of rotatable bonds is 0. The minimum atomic E-state index is -0.208. The van der Waals surface area contributed by atoms with E-state index in [0.29, 0.717) is 0 Å². The van der Waals surface area contributed by atoms with Crippen LogP contribution in [0.25, 0.3) is 0 Å². The zero-order valence-electron chi connectivity index (χ0n) is 4.42. The van der Waals surface area contributed by atoms with Gasteiger partial charge in [-0.3, -0.25) is 0 Å². The van der Waals surface area contributed by atoms with Crippen LogP contribution in [-0.4, -0.2) is 23.9 Å². The van der Waals surface area contributed by atoms with E-state index in [2.05, 4.69) is 0 Å². The van der Waals surface area contributed by atoms with Crippen LogP contribution in [0.3, 0.4) is 0 Å². The third-order valence-electron chi connectivity index (χ3n) is 1.34. The molecule has 0 saturated carbocycles. The Labute approximate surface area is 43.1 Å². The van der Waals surface area contributed by atoms with Crippen LogP contribution >= 0.6 is 0 Å². The van der Waals surface area contributed by atoms with Crippen LogP contribution < -0.4 is 0 Å². The Morgan fingerprint density at radius 3 is 2.57 bits per heavy atom. The molecule has 0 aromatic carbocycles. The van der Waals surface area contributed by atoms with Crippen molar-refractivity contribution in [2.75, 3.05) is 6.61 Å². The molecule has 0 spiro atoms. The van der Waals surface area contributed by atoms with E-state index < -0.39 is 0 Å². The fourth-order valence-corrected chi connectivity index (χ4v) is 0.720. The molecular formula is C5H10O2. The largest absolute Gasteiger partial charge is 0.390 e.